The van der Waals surface area contributed by atoms with Crippen LogP contribution in [0.3, 0.4) is 0 Å². The van der Waals surface area contributed by atoms with E-state index in [1.165, 1.54) is 32.1 Å². The van der Waals surface area contributed by atoms with Gasteiger partial charge in [-0.15, -0.1) is 0 Å². The third kappa shape index (κ3) is 2.36. The summed E-state index contributed by atoms with van der Waals surface area (Å²) in [4.78, 5) is 0. The van der Waals surface area contributed by atoms with Crippen molar-refractivity contribution < 1.29 is 5.11 Å². The van der Waals surface area contributed by atoms with Crippen LogP contribution in [0.25, 0.3) is 0 Å². The van der Waals surface area contributed by atoms with E-state index in [0.717, 1.165) is 24.2 Å². The van der Waals surface area contributed by atoms with Gasteiger partial charge in [0.1, 0.15) is 0 Å². The lowest BCUT2D eigenvalue weighted by Gasteiger charge is -2.50. The first-order valence-electron chi connectivity index (χ1n) is 9.62. The smallest absolute Gasteiger partial charge is 0.0776 e. The van der Waals surface area contributed by atoms with Crippen LogP contribution in [0.2, 0.25) is 19.6 Å². The standard InChI is InChI=1S/C21H32OSi/c1-21-12-11-17-16-8-6-15(23(2,3)4)13-14(16)5-7-18(17)19(21)9-10-20(21)22/h6,8,13,17-20,22H,5,7,9-12H2,1-4H3/t17-,18-,19+,20+,21+/m1/s1. The molecule has 0 heterocycles. The van der Waals surface area contributed by atoms with Gasteiger partial charge in [-0.25, -0.2) is 0 Å². The Labute approximate surface area is 142 Å². The minimum atomic E-state index is -1.21. The number of hydrogen-bond donors (Lipinski definition) is 1. The zero-order valence-corrected chi connectivity index (χ0v) is 16.2. The number of rotatable bonds is 1. The van der Waals surface area contributed by atoms with Crippen molar-refractivity contribution in [2.24, 2.45) is 17.3 Å². The van der Waals surface area contributed by atoms with Gasteiger partial charge < -0.3 is 5.11 Å². The molecular weight excluding hydrogens is 296 g/mol. The molecule has 0 amide bonds. The molecule has 0 unspecified atom stereocenters. The van der Waals surface area contributed by atoms with Crippen molar-refractivity contribution in [3.63, 3.8) is 0 Å². The maximum absolute atomic E-state index is 10.5. The van der Waals surface area contributed by atoms with E-state index in [1.54, 1.807) is 16.3 Å². The van der Waals surface area contributed by atoms with Crippen LogP contribution in [0.1, 0.15) is 56.1 Å². The largest absolute Gasteiger partial charge is 0.393 e. The molecule has 2 saturated carbocycles. The van der Waals surface area contributed by atoms with Crippen LogP contribution in [0.15, 0.2) is 18.2 Å². The summed E-state index contributed by atoms with van der Waals surface area (Å²) in [6.07, 6.45) is 7.34. The summed E-state index contributed by atoms with van der Waals surface area (Å²) in [6.45, 7) is 9.72. The Balaban J connectivity index is 1.68. The van der Waals surface area contributed by atoms with Crippen LogP contribution in [0, 0.1) is 17.3 Å². The second kappa shape index (κ2) is 5.19. The molecule has 3 aliphatic carbocycles. The molecule has 23 heavy (non-hydrogen) atoms. The number of aryl methyl sites for hydroxylation is 1. The Kier molecular flexibility index (Phi) is 3.59. The van der Waals surface area contributed by atoms with E-state index in [-0.39, 0.29) is 11.5 Å². The normalized spacial score (nSPS) is 39.5. The van der Waals surface area contributed by atoms with E-state index in [0.29, 0.717) is 0 Å². The zero-order chi connectivity index (χ0) is 16.4. The topological polar surface area (TPSA) is 20.2 Å². The Morgan fingerprint density at radius 3 is 2.61 bits per heavy atom. The first-order chi connectivity index (χ1) is 10.8. The van der Waals surface area contributed by atoms with Gasteiger partial charge in [-0.2, -0.15) is 0 Å². The molecule has 0 spiro atoms. The highest BCUT2D eigenvalue weighted by Crippen LogP contribution is 2.60. The minimum Gasteiger partial charge on any atom is -0.393 e. The minimum absolute atomic E-state index is 0.0517. The maximum atomic E-state index is 10.5. The Hall–Kier alpha value is -0.603. The molecule has 0 bridgehead atoms. The quantitative estimate of drug-likeness (QED) is 0.755. The second-order valence-corrected chi connectivity index (χ2v) is 14.8. The summed E-state index contributed by atoms with van der Waals surface area (Å²) < 4.78 is 0. The molecule has 0 saturated heterocycles. The number of aliphatic hydroxyl groups is 1. The molecule has 0 aliphatic heterocycles. The molecular formula is C21H32OSi. The van der Waals surface area contributed by atoms with Crippen molar-refractivity contribution in [1.29, 1.82) is 0 Å². The molecule has 0 aromatic heterocycles. The molecule has 0 radical (unpaired) electrons. The molecule has 1 N–H and O–H groups in total. The van der Waals surface area contributed by atoms with Gasteiger partial charge in [-0.05, 0) is 72.8 Å². The molecule has 1 nitrogen and oxygen atoms in total. The van der Waals surface area contributed by atoms with Crippen LogP contribution in [0.5, 0.6) is 0 Å². The molecule has 3 aliphatic rings. The lowest BCUT2D eigenvalue weighted by atomic mass is 9.55. The number of fused-ring (bicyclic) bond motifs is 5. The third-order valence-corrected chi connectivity index (χ3v) is 9.59. The highest BCUT2D eigenvalue weighted by Gasteiger charge is 2.54. The number of benzene rings is 1. The zero-order valence-electron chi connectivity index (χ0n) is 15.2. The fourth-order valence-electron chi connectivity index (χ4n) is 6.02. The van der Waals surface area contributed by atoms with E-state index in [2.05, 4.69) is 44.8 Å². The van der Waals surface area contributed by atoms with Crippen molar-refractivity contribution in [2.45, 2.75) is 77.1 Å². The average molecular weight is 329 g/mol. The molecule has 2 fully saturated rings. The summed E-state index contributed by atoms with van der Waals surface area (Å²) in [6, 6.07) is 7.47. The van der Waals surface area contributed by atoms with Crippen molar-refractivity contribution in [2.75, 3.05) is 0 Å². The second-order valence-electron chi connectivity index (χ2n) is 9.72. The summed E-state index contributed by atoms with van der Waals surface area (Å²) in [5.74, 6) is 2.33. The fraction of sp³-hybridized carbons (Fsp3) is 0.714. The number of hydrogen-bond acceptors (Lipinski definition) is 1. The SMILES string of the molecule is C[C@]12CC[C@@H]3c4ccc([Si](C)(C)C)cc4CC[C@H]3[C@@H]1CC[C@@H]2O. The van der Waals surface area contributed by atoms with Crippen molar-refractivity contribution in [1.82, 2.24) is 0 Å². The van der Waals surface area contributed by atoms with Gasteiger partial charge in [0.25, 0.3) is 0 Å². The van der Waals surface area contributed by atoms with Crippen LogP contribution in [-0.2, 0) is 6.42 Å². The highest BCUT2D eigenvalue weighted by molar-refractivity contribution is 6.88. The molecule has 1 aromatic rings. The van der Waals surface area contributed by atoms with Gasteiger partial charge in [-0.3, -0.25) is 0 Å². The molecule has 1 aromatic carbocycles. The van der Waals surface area contributed by atoms with E-state index < -0.39 is 8.07 Å². The van der Waals surface area contributed by atoms with Crippen LogP contribution >= 0.6 is 0 Å². The molecule has 126 valence electrons. The van der Waals surface area contributed by atoms with Crippen molar-refractivity contribution in [3.05, 3.63) is 29.3 Å². The fourth-order valence-corrected chi connectivity index (χ4v) is 7.21. The van der Waals surface area contributed by atoms with Gasteiger partial charge in [0.05, 0.1) is 14.2 Å². The molecule has 5 atom stereocenters. The van der Waals surface area contributed by atoms with Crippen molar-refractivity contribution in [3.8, 4) is 0 Å². The van der Waals surface area contributed by atoms with Crippen LogP contribution < -0.4 is 5.19 Å². The van der Waals surface area contributed by atoms with Gasteiger partial charge in [0.15, 0.2) is 0 Å². The van der Waals surface area contributed by atoms with Gasteiger partial charge in [-0.1, -0.05) is 50.0 Å². The Morgan fingerprint density at radius 1 is 1.09 bits per heavy atom. The van der Waals surface area contributed by atoms with Crippen molar-refractivity contribution >= 4 is 13.3 Å². The third-order valence-electron chi connectivity index (χ3n) is 7.54. The summed E-state index contributed by atoms with van der Waals surface area (Å²) >= 11 is 0. The van der Waals surface area contributed by atoms with E-state index >= 15 is 0 Å². The maximum Gasteiger partial charge on any atom is 0.0776 e. The number of aliphatic hydroxyl groups excluding tert-OH is 1. The molecule has 2 heteroatoms. The van der Waals surface area contributed by atoms with E-state index in [1.807, 2.05) is 0 Å². The lowest BCUT2D eigenvalue weighted by Crippen LogP contribution is -2.44. The monoisotopic (exact) mass is 328 g/mol. The summed E-state index contributed by atoms with van der Waals surface area (Å²) in [5, 5.41) is 12.1. The summed E-state index contributed by atoms with van der Waals surface area (Å²) in [7, 11) is -1.21. The summed E-state index contributed by atoms with van der Waals surface area (Å²) in [5.41, 5.74) is 3.51. The predicted octanol–water partition coefficient (Wildman–Crippen LogP) is 4.45. The first kappa shape index (κ1) is 15.9. The lowest BCUT2D eigenvalue weighted by molar-refractivity contribution is -0.0226. The van der Waals surface area contributed by atoms with Gasteiger partial charge in [0, 0.05) is 0 Å². The predicted molar refractivity (Wildman–Crippen MR) is 100 cm³/mol. The highest BCUT2D eigenvalue weighted by atomic mass is 28.3. The molecule has 4 rings (SSSR count). The Morgan fingerprint density at radius 2 is 1.87 bits per heavy atom. The van der Waals surface area contributed by atoms with Gasteiger partial charge in [0.2, 0.25) is 0 Å². The van der Waals surface area contributed by atoms with Crippen LogP contribution in [0.4, 0.5) is 0 Å². The first-order valence-corrected chi connectivity index (χ1v) is 13.1. The van der Waals surface area contributed by atoms with E-state index in [4.69, 9.17) is 0 Å². The Bertz CT molecular complexity index is 617. The van der Waals surface area contributed by atoms with Gasteiger partial charge >= 0.3 is 0 Å². The average Bonchev–Trinajstić information content (AvgIpc) is 2.81. The van der Waals surface area contributed by atoms with Crippen LogP contribution in [-0.4, -0.2) is 19.3 Å². The van der Waals surface area contributed by atoms with E-state index in [9.17, 15) is 5.11 Å².